The number of nitrogens with one attached hydrogen (secondary N) is 2. The van der Waals surface area contributed by atoms with Crippen molar-refractivity contribution in [2.45, 2.75) is 45.3 Å². The number of hydrogen-bond donors (Lipinski definition) is 2. The van der Waals surface area contributed by atoms with Crippen LogP contribution in [-0.4, -0.2) is 29.8 Å². The van der Waals surface area contributed by atoms with Gasteiger partial charge in [0.25, 0.3) is 0 Å². The number of hydrogen-bond acceptors (Lipinski definition) is 4. The van der Waals surface area contributed by atoms with E-state index in [0.717, 1.165) is 37.5 Å². The van der Waals surface area contributed by atoms with Gasteiger partial charge >= 0.3 is 0 Å². The molecule has 4 nitrogen and oxygen atoms in total. The second-order valence-corrected chi connectivity index (χ2v) is 5.40. The second kappa shape index (κ2) is 5.57. The molecule has 0 bridgehead atoms. The molecule has 1 aliphatic heterocycles. The molecule has 1 aromatic heterocycles. The molecule has 2 N–H and O–H groups in total. The molecule has 0 radical (unpaired) electrons. The highest BCUT2D eigenvalue weighted by molar-refractivity contribution is 5.52. The van der Waals surface area contributed by atoms with E-state index in [-0.39, 0.29) is 5.60 Å². The molecule has 0 spiro atoms. The molecule has 1 saturated heterocycles. The van der Waals surface area contributed by atoms with E-state index in [9.17, 15) is 0 Å². The highest BCUT2D eigenvalue weighted by atomic mass is 16.5. The molecular formula is C14H23N3O. The van der Waals surface area contributed by atoms with Crippen molar-refractivity contribution in [3.63, 3.8) is 0 Å². The van der Waals surface area contributed by atoms with Gasteiger partial charge in [-0.25, -0.2) is 4.98 Å². The topological polar surface area (TPSA) is 46.2 Å². The quantitative estimate of drug-likeness (QED) is 0.861. The summed E-state index contributed by atoms with van der Waals surface area (Å²) in [5.41, 5.74) is 1.11. The molecule has 1 atom stereocenters. The summed E-state index contributed by atoms with van der Waals surface area (Å²) < 4.78 is 5.73. The maximum absolute atomic E-state index is 5.73. The molecule has 1 fully saturated rings. The third-order valence-electron chi connectivity index (χ3n) is 3.19. The monoisotopic (exact) mass is 249 g/mol. The number of rotatable bonds is 4. The van der Waals surface area contributed by atoms with Gasteiger partial charge in [0.15, 0.2) is 0 Å². The van der Waals surface area contributed by atoms with E-state index in [1.807, 2.05) is 12.3 Å². The average Bonchev–Trinajstić information content (AvgIpc) is 2.28. The fourth-order valence-corrected chi connectivity index (χ4v) is 2.39. The first kappa shape index (κ1) is 13.1. The van der Waals surface area contributed by atoms with E-state index in [2.05, 4.69) is 42.5 Å². The van der Waals surface area contributed by atoms with Crippen molar-refractivity contribution in [2.24, 2.45) is 0 Å². The van der Waals surface area contributed by atoms with Crippen LogP contribution in [-0.2, 0) is 4.74 Å². The molecule has 0 saturated carbocycles. The molecule has 100 valence electrons. The van der Waals surface area contributed by atoms with Crippen molar-refractivity contribution >= 4 is 11.5 Å². The molecule has 1 aromatic rings. The summed E-state index contributed by atoms with van der Waals surface area (Å²) in [5.74, 6) is 0.925. The second-order valence-electron chi connectivity index (χ2n) is 5.40. The van der Waals surface area contributed by atoms with E-state index in [4.69, 9.17) is 4.74 Å². The highest BCUT2D eigenvalue weighted by Gasteiger charge is 2.28. The largest absolute Gasteiger partial charge is 0.382 e. The van der Waals surface area contributed by atoms with Crippen molar-refractivity contribution in [1.82, 2.24) is 4.98 Å². The molecule has 1 unspecified atom stereocenters. The van der Waals surface area contributed by atoms with Gasteiger partial charge < -0.3 is 15.4 Å². The van der Waals surface area contributed by atoms with Crippen LogP contribution in [0.2, 0.25) is 0 Å². The third-order valence-corrected chi connectivity index (χ3v) is 3.19. The molecule has 1 aliphatic rings. The van der Waals surface area contributed by atoms with E-state index in [1.54, 1.807) is 0 Å². The van der Waals surface area contributed by atoms with Crippen LogP contribution in [0, 0.1) is 0 Å². The van der Waals surface area contributed by atoms with Crippen LogP contribution in [0.15, 0.2) is 18.3 Å². The molecule has 0 amide bonds. The van der Waals surface area contributed by atoms with Crippen molar-refractivity contribution in [3.8, 4) is 0 Å². The summed E-state index contributed by atoms with van der Waals surface area (Å²) >= 11 is 0. The highest BCUT2D eigenvalue weighted by Crippen LogP contribution is 2.26. The van der Waals surface area contributed by atoms with E-state index in [0.29, 0.717) is 6.04 Å². The number of pyridine rings is 1. The van der Waals surface area contributed by atoms with E-state index >= 15 is 0 Å². The molecule has 2 rings (SSSR count). The maximum atomic E-state index is 5.73. The lowest BCUT2D eigenvalue weighted by molar-refractivity contribution is -0.0553. The lowest BCUT2D eigenvalue weighted by Gasteiger charge is -2.36. The Morgan fingerprint density at radius 3 is 3.06 bits per heavy atom. The van der Waals surface area contributed by atoms with Crippen LogP contribution < -0.4 is 10.6 Å². The van der Waals surface area contributed by atoms with Gasteiger partial charge in [0, 0.05) is 37.1 Å². The van der Waals surface area contributed by atoms with Crippen LogP contribution in [0.1, 0.15) is 33.6 Å². The first-order valence-electron chi connectivity index (χ1n) is 6.69. The Hall–Kier alpha value is -1.29. The molecular weight excluding hydrogens is 226 g/mol. The average molecular weight is 249 g/mol. The summed E-state index contributed by atoms with van der Waals surface area (Å²) in [6, 6.07) is 4.56. The number of anilines is 2. The molecule has 0 aliphatic carbocycles. The predicted octanol–water partition coefficient (Wildman–Crippen LogP) is 2.88. The minimum absolute atomic E-state index is 0.0204. The molecule has 4 heteroatoms. The summed E-state index contributed by atoms with van der Waals surface area (Å²) in [5, 5.41) is 6.80. The first-order valence-corrected chi connectivity index (χ1v) is 6.69. The Balaban J connectivity index is 1.98. The van der Waals surface area contributed by atoms with E-state index in [1.165, 1.54) is 0 Å². The Labute approximate surface area is 109 Å². The Kier molecular flexibility index (Phi) is 4.07. The fourth-order valence-electron chi connectivity index (χ4n) is 2.39. The number of nitrogens with zero attached hydrogens (tertiary/aromatic N) is 1. The first-order chi connectivity index (χ1) is 8.59. The van der Waals surface area contributed by atoms with Gasteiger partial charge in [-0.2, -0.15) is 0 Å². The zero-order valence-corrected chi connectivity index (χ0v) is 11.5. The van der Waals surface area contributed by atoms with Crippen molar-refractivity contribution in [3.05, 3.63) is 18.3 Å². The molecule has 0 aromatic carbocycles. The van der Waals surface area contributed by atoms with Gasteiger partial charge in [-0.05, 0) is 39.7 Å². The predicted molar refractivity (Wildman–Crippen MR) is 75.1 cm³/mol. The van der Waals surface area contributed by atoms with Crippen LogP contribution in [0.25, 0.3) is 0 Å². The van der Waals surface area contributed by atoms with Crippen LogP contribution >= 0.6 is 0 Å². The zero-order chi connectivity index (χ0) is 13.0. The number of aromatic nitrogens is 1. The van der Waals surface area contributed by atoms with Gasteiger partial charge in [0.05, 0.1) is 5.60 Å². The van der Waals surface area contributed by atoms with Gasteiger partial charge in [-0.3, -0.25) is 0 Å². The fraction of sp³-hybridized carbons (Fsp3) is 0.643. The van der Waals surface area contributed by atoms with Gasteiger partial charge in [0.1, 0.15) is 5.82 Å². The summed E-state index contributed by atoms with van der Waals surface area (Å²) in [7, 11) is 0. The maximum Gasteiger partial charge on any atom is 0.127 e. The minimum atomic E-state index is -0.0204. The SMILES string of the molecule is CCNc1cc(NC2CCOC(C)(C)C2)ccn1. The Morgan fingerprint density at radius 1 is 1.50 bits per heavy atom. The normalized spacial score (nSPS) is 22.5. The van der Waals surface area contributed by atoms with Crippen LogP contribution in [0.5, 0.6) is 0 Å². The summed E-state index contributed by atoms with van der Waals surface area (Å²) in [6.45, 7) is 8.09. The van der Waals surface area contributed by atoms with Gasteiger partial charge in [0.2, 0.25) is 0 Å². The Morgan fingerprint density at radius 2 is 2.33 bits per heavy atom. The lowest BCUT2D eigenvalue weighted by Crippen LogP contribution is -2.40. The standard InChI is InChI=1S/C14H23N3O/c1-4-15-13-9-11(5-7-16-13)17-12-6-8-18-14(2,3)10-12/h5,7,9,12H,4,6,8,10H2,1-3H3,(H2,15,16,17). The van der Waals surface area contributed by atoms with Crippen LogP contribution in [0.3, 0.4) is 0 Å². The van der Waals surface area contributed by atoms with E-state index < -0.39 is 0 Å². The molecule has 18 heavy (non-hydrogen) atoms. The van der Waals surface area contributed by atoms with Gasteiger partial charge in [-0.15, -0.1) is 0 Å². The minimum Gasteiger partial charge on any atom is -0.382 e. The molecule has 2 heterocycles. The third kappa shape index (κ3) is 3.60. The van der Waals surface area contributed by atoms with Crippen molar-refractivity contribution in [2.75, 3.05) is 23.8 Å². The van der Waals surface area contributed by atoms with Crippen molar-refractivity contribution < 1.29 is 4.74 Å². The summed E-state index contributed by atoms with van der Waals surface area (Å²) in [4.78, 5) is 4.28. The number of ether oxygens (including phenoxy) is 1. The smallest absolute Gasteiger partial charge is 0.127 e. The Bertz CT molecular complexity index is 392. The van der Waals surface area contributed by atoms with Gasteiger partial charge in [-0.1, -0.05) is 0 Å². The lowest BCUT2D eigenvalue weighted by atomic mass is 9.94. The summed E-state index contributed by atoms with van der Waals surface area (Å²) in [6.07, 6.45) is 3.93. The zero-order valence-electron chi connectivity index (χ0n) is 11.5. The van der Waals surface area contributed by atoms with Crippen LogP contribution in [0.4, 0.5) is 11.5 Å². The van der Waals surface area contributed by atoms with Crippen molar-refractivity contribution in [1.29, 1.82) is 0 Å².